The number of rotatable bonds is 4. The molecule has 0 unspecified atom stereocenters. The molecule has 2 aromatic rings. The van der Waals surface area contributed by atoms with Crippen LogP contribution in [-0.4, -0.2) is 38.2 Å². The van der Waals surface area contributed by atoms with Crippen molar-refractivity contribution in [2.75, 3.05) is 7.11 Å². The van der Waals surface area contributed by atoms with Crippen LogP contribution in [0.15, 0.2) is 24.3 Å². The summed E-state index contributed by atoms with van der Waals surface area (Å²) in [6.07, 6.45) is 0. The van der Waals surface area contributed by atoms with E-state index in [0.717, 1.165) is 4.80 Å². The number of hydrogen-bond acceptors (Lipinski definition) is 7. The fraction of sp³-hybridized carbons (Fsp3) is 0.200. The lowest BCUT2D eigenvalue weighted by atomic mass is 10.2. The minimum absolute atomic E-state index is 0.0225. The van der Waals surface area contributed by atoms with Crippen LogP contribution in [0.5, 0.6) is 0 Å². The van der Waals surface area contributed by atoms with Crippen LogP contribution in [0.25, 0.3) is 11.4 Å². The molecule has 9 heteroatoms. The van der Waals surface area contributed by atoms with Gasteiger partial charge in [-0.05, 0) is 17.3 Å². The fourth-order valence-electron chi connectivity index (χ4n) is 1.34. The minimum Gasteiger partial charge on any atom is -0.468 e. The molecule has 0 aliphatic rings. The van der Waals surface area contributed by atoms with Crippen molar-refractivity contribution < 1.29 is 14.5 Å². The average Bonchev–Trinajstić information content (AvgIpc) is 2.87. The molecule has 0 bridgehead atoms. The maximum Gasteiger partial charge on any atom is 0.329 e. The molecule has 98 valence electrons. The molecule has 9 nitrogen and oxygen atoms in total. The van der Waals surface area contributed by atoms with E-state index >= 15 is 0 Å². The molecule has 0 saturated carbocycles. The summed E-state index contributed by atoms with van der Waals surface area (Å²) in [7, 11) is 1.26. The zero-order chi connectivity index (χ0) is 13.8. The molecule has 0 N–H and O–H groups in total. The van der Waals surface area contributed by atoms with Crippen LogP contribution in [0.2, 0.25) is 0 Å². The Morgan fingerprint density at radius 1 is 1.42 bits per heavy atom. The van der Waals surface area contributed by atoms with Crippen LogP contribution in [-0.2, 0) is 16.1 Å². The van der Waals surface area contributed by atoms with Gasteiger partial charge in [0.2, 0.25) is 5.82 Å². The van der Waals surface area contributed by atoms with E-state index in [2.05, 4.69) is 20.1 Å². The number of benzene rings is 1. The Kier molecular flexibility index (Phi) is 3.46. The van der Waals surface area contributed by atoms with E-state index in [-0.39, 0.29) is 18.1 Å². The molecule has 0 spiro atoms. The van der Waals surface area contributed by atoms with Gasteiger partial charge in [0.05, 0.1) is 12.0 Å². The number of methoxy groups -OCH3 is 1. The fourth-order valence-corrected chi connectivity index (χ4v) is 1.34. The van der Waals surface area contributed by atoms with E-state index < -0.39 is 10.9 Å². The van der Waals surface area contributed by atoms with Crippen LogP contribution in [0.3, 0.4) is 0 Å². The van der Waals surface area contributed by atoms with Crippen molar-refractivity contribution in [3.8, 4) is 11.4 Å². The van der Waals surface area contributed by atoms with Crippen molar-refractivity contribution in [3.63, 3.8) is 0 Å². The highest BCUT2D eigenvalue weighted by atomic mass is 16.6. The molecule has 0 amide bonds. The minimum atomic E-state index is -0.495. The molecule has 1 aromatic carbocycles. The number of tetrazole rings is 1. The van der Waals surface area contributed by atoms with E-state index in [1.54, 1.807) is 0 Å². The van der Waals surface area contributed by atoms with Gasteiger partial charge in [0, 0.05) is 17.7 Å². The lowest BCUT2D eigenvalue weighted by molar-refractivity contribution is -0.384. The number of hydrogen-bond donors (Lipinski definition) is 0. The predicted octanol–water partition coefficient (Wildman–Crippen LogP) is 0.421. The second-order valence-corrected chi connectivity index (χ2v) is 3.52. The second kappa shape index (κ2) is 5.21. The van der Waals surface area contributed by atoms with Crippen molar-refractivity contribution in [3.05, 3.63) is 34.4 Å². The van der Waals surface area contributed by atoms with Gasteiger partial charge in [0.15, 0.2) is 6.54 Å². The van der Waals surface area contributed by atoms with Crippen molar-refractivity contribution in [2.24, 2.45) is 0 Å². The van der Waals surface area contributed by atoms with Crippen LogP contribution >= 0.6 is 0 Å². The van der Waals surface area contributed by atoms with Gasteiger partial charge in [-0.25, -0.2) is 4.79 Å². The van der Waals surface area contributed by atoms with Gasteiger partial charge in [-0.15, -0.1) is 10.2 Å². The van der Waals surface area contributed by atoms with Gasteiger partial charge in [-0.2, -0.15) is 4.80 Å². The number of carbonyl (C=O) groups excluding carboxylic acids is 1. The van der Waals surface area contributed by atoms with Crippen molar-refractivity contribution in [1.29, 1.82) is 0 Å². The van der Waals surface area contributed by atoms with E-state index in [9.17, 15) is 14.9 Å². The van der Waals surface area contributed by atoms with Gasteiger partial charge >= 0.3 is 5.97 Å². The number of nitrogens with zero attached hydrogens (tertiary/aromatic N) is 5. The van der Waals surface area contributed by atoms with E-state index in [4.69, 9.17) is 0 Å². The standard InChI is InChI=1S/C10H9N5O4/c1-19-9(16)6-14-12-10(11-13-14)7-2-4-8(5-3-7)15(17)18/h2-5H,6H2,1H3. The molecule has 0 aliphatic carbocycles. The largest absolute Gasteiger partial charge is 0.468 e. The van der Waals surface area contributed by atoms with Gasteiger partial charge in [0.25, 0.3) is 5.69 Å². The molecule has 0 atom stereocenters. The number of aromatic nitrogens is 4. The molecule has 0 saturated heterocycles. The Hall–Kier alpha value is -2.84. The number of carbonyl (C=O) groups is 1. The quantitative estimate of drug-likeness (QED) is 0.446. The topological polar surface area (TPSA) is 113 Å². The maximum absolute atomic E-state index is 11.0. The summed E-state index contributed by atoms with van der Waals surface area (Å²) in [6, 6.07) is 5.71. The Bertz CT molecular complexity index is 607. The predicted molar refractivity (Wildman–Crippen MR) is 61.9 cm³/mol. The first-order valence-electron chi connectivity index (χ1n) is 5.19. The highest BCUT2D eigenvalue weighted by Crippen LogP contribution is 2.18. The summed E-state index contributed by atoms with van der Waals surface area (Å²) in [5.41, 5.74) is 0.549. The third kappa shape index (κ3) is 2.89. The number of non-ortho nitro benzene ring substituents is 1. The number of esters is 1. The lowest BCUT2D eigenvalue weighted by Crippen LogP contribution is -2.14. The third-order valence-electron chi connectivity index (χ3n) is 2.29. The first-order valence-corrected chi connectivity index (χ1v) is 5.19. The molecular weight excluding hydrogens is 254 g/mol. The van der Waals surface area contributed by atoms with Crippen LogP contribution < -0.4 is 0 Å². The number of nitro benzene ring substituents is 1. The molecule has 1 heterocycles. The molecule has 1 aromatic heterocycles. The molecule has 0 radical (unpaired) electrons. The monoisotopic (exact) mass is 263 g/mol. The molecule has 0 aliphatic heterocycles. The molecule has 0 fully saturated rings. The summed E-state index contributed by atoms with van der Waals surface area (Å²) >= 11 is 0. The molecule has 19 heavy (non-hydrogen) atoms. The smallest absolute Gasteiger partial charge is 0.329 e. The first-order chi connectivity index (χ1) is 9.10. The third-order valence-corrected chi connectivity index (χ3v) is 2.29. The van der Waals surface area contributed by atoms with Crippen LogP contribution in [0, 0.1) is 10.1 Å². The Labute approximate surface area is 106 Å². The van der Waals surface area contributed by atoms with E-state index in [1.165, 1.54) is 31.4 Å². The Balaban J connectivity index is 2.18. The Morgan fingerprint density at radius 2 is 2.11 bits per heavy atom. The van der Waals surface area contributed by atoms with Crippen LogP contribution in [0.1, 0.15) is 0 Å². The molecular formula is C10H9N5O4. The highest BCUT2D eigenvalue weighted by Gasteiger charge is 2.11. The first kappa shape index (κ1) is 12.6. The summed E-state index contributed by atoms with van der Waals surface area (Å²) in [5, 5.41) is 21.9. The number of ether oxygens (including phenoxy) is 1. The van der Waals surface area contributed by atoms with Crippen molar-refractivity contribution >= 4 is 11.7 Å². The summed E-state index contributed by atoms with van der Waals surface area (Å²) in [6.45, 7) is -0.142. The SMILES string of the molecule is COC(=O)Cn1nnc(-c2ccc([N+](=O)[O-])cc2)n1. The summed E-state index contributed by atoms with van der Waals surface area (Å²) < 4.78 is 4.47. The van der Waals surface area contributed by atoms with Crippen LogP contribution in [0.4, 0.5) is 5.69 Å². The highest BCUT2D eigenvalue weighted by molar-refractivity contribution is 5.68. The molecule has 2 rings (SSSR count). The van der Waals surface area contributed by atoms with Crippen molar-refractivity contribution in [1.82, 2.24) is 20.2 Å². The van der Waals surface area contributed by atoms with Gasteiger partial charge in [-0.3, -0.25) is 10.1 Å². The second-order valence-electron chi connectivity index (χ2n) is 3.52. The van der Waals surface area contributed by atoms with Gasteiger partial charge in [0.1, 0.15) is 0 Å². The normalized spacial score (nSPS) is 10.2. The Morgan fingerprint density at radius 3 is 2.68 bits per heavy atom. The van der Waals surface area contributed by atoms with Crippen molar-refractivity contribution in [2.45, 2.75) is 6.54 Å². The van der Waals surface area contributed by atoms with Gasteiger partial charge < -0.3 is 4.74 Å². The summed E-state index contributed by atoms with van der Waals surface area (Å²) in [5.74, 6) is -0.216. The number of nitro groups is 1. The van der Waals surface area contributed by atoms with Gasteiger partial charge in [-0.1, -0.05) is 0 Å². The zero-order valence-corrected chi connectivity index (χ0v) is 9.89. The lowest BCUT2D eigenvalue weighted by Gasteiger charge is -1.96. The van der Waals surface area contributed by atoms with E-state index in [1.807, 2.05) is 0 Å². The van der Waals surface area contributed by atoms with E-state index in [0.29, 0.717) is 5.56 Å². The zero-order valence-electron chi connectivity index (χ0n) is 9.89. The average molecular weight is 263 g/mol. The summed E-state index contributed by atoms with van der Waals surface area (Å²) in [4.78, 5) is 22.1. The maximum atomic E-state index is 11.0.